The number of aromatic nitrogens is 2. The standard InChI is InChI=1S/C39H36N4O8/c1-40(2)21-14-25-23(18-29-34(38(46)50-7)32(36(44)48-5)27(16-21)42(25)29)31(20-12-10-9-11-13-20)24-19-30-35(39(47)51-8)33(37(45)49-6)28-17-22(41(3)4)15-26(24)43(28)30/h9-19,31H,1-8H3. The average molecular weight is 689 g/mol. The number of esters is 4. The topological polar surface area (TPSA) is 121 Å². The lowest BCUT2D eigenvalue weighted by Gasteiger charge is -2.21. The summed E-state index contributed by atoms with van der Waals surface area (Å²) < 4.78 is 24.6. The number of pyridine rings is 2. The monoisotopic (exact) mass is 688 g/mol. The maximum Gasteiger partial charge on any atom is 0.340 e. The number of benzene rings is 1. The van der Waals surface area contributed by atoms with Gasteiger partial charge in [-0.3, -0.25) is 0 Å². The summed E-state index contributed by atoms with van der Waals surface area (Å²) in [4.78, 5) is 57.3. The van der Waals surface area contributed by atoms with Gasteiger partial charge < -0.3 is 37.5 Å². The van der Waals surface area contributed by atoms with Crippen LogP contribution in [0.25, 0.3) is 33.1 Å². The number of hydrogen-bond donors (Lipinski definition) is 0. The SMILES string of the molecule is COC(=O)c1c(C(=O)OC)c2cc(C(c3ccccc3)c3cc4c(C(=O)OC)c(C(=O)OC)c5cc(N(C)C)cc3n54)c3cc(N(C)C)cc1n32. The Morgan fingerprint density at radius 3 is 1.12 bits per heavy atom. The van der Waals surface area contributed by atoms with E-state index in [0.29, 0.717) is 22.1 Å². The fourth-order valence-corrected chi connectivity index (χ4v) is 7.31. The molecule has 0 saturated carbocycles. The van der Waals surface area contributed by atoms with Crippen molar-refractivity contribution in [3.05, 3.63) is 106 Å². The minimum atomic E-state index is -0.672. The molecule has 0 fully saturated rings. The van der Waals surface area contributed by atoms with E-state index in [9.17, 15) is 19.2 Å². The number of carbonyl (C=O) groups excluding carboxylic acids is 4. The van der Waals surface area contributed by atoms with Crippen LogP contribution in [0.5, 0.6) is 0 Å². The van der Waals surface area contributed by atoms with Gasteiger partial charge in [0.2, 0.25) is 0 Å². The molecular weight excluding hydrogens is 652 g/mol. The molecule has 0 radical (unpaired) electrons. The number of nitrogens with zero attached hydrogens (tertiary/aromatic N) is 4. The lowest BCUT2D eigenvalue weighted by molar-refractivity contribution is 0.0559. The minimum Gasteiger partial charge on any atom is -0.465 e. The van der Waals surface area contributed by atoms with Gasteiger partial charge in [-0.25, -0.2) is 19.2 Å². The number of rotatable bonds is 9. The molecule has 12 nitrogen and oxygen atoms in total. The van der Waals surface area contributed by atoms with Gasteiger partial charge in [-0.15, -0.1) is 0 Å². The first-order valence-electron chi connectivity index (χ1n) is 16.1. The van der Waals surface area contributed by atoms with E-state index in [1.807, 2.05) is 114 Å². The van der Waals surface area contributed by atoms with Crippen LogP contribution in [-0.4, -0.2) is 89.3 Å². The van der Waals surface area contributed by atoms with Crippen LogP contribution in [0, 0.1) is 0 Å². The predicted molar refractivity (Wildman–Crippen MR) is 194 cm³/mol. The van der Waals surface area contributed by atoms with Gasteiger partial charge in [-0.05, 0) is 53.1 Å². The second-order valence-corrected chi connectivity index (χ2v) is 12.7. The Balaban J connectivity index is 1.66. The zero-order chi connectivity index (χ0) is 36.5. The van der Waals surface area contributed by atoms with Crippen molar-refractivity contribution in [3.63, 3.8) is 0 Å². The molecule has 51 heavy (non-hydrogen) atoms. The third kappa shape index (κ3) is 4.81. The Bertz CT molecular complexity index is 2350. The Kier molecular flexibility index (Phi) is 7.97. The van der Waals surface area contributed by atoms with Gasteiger partial charge >= 0.3 is 23.9 Å². The molecule has 0 bridgehead atoms. The summed E-state index contributed by atoms with van der Waals surface area (Å²) in [5.74, 6) is -3.12. The van der Waals surface area contributed by atoms with Crippen molar-refractivity contribution >= 4 is 68.4 Å². The van der Waals surface area contributed by atoms with Gasteiger partial charge in [-0.2, -0.15) is 0 Å². The Morgan fingerprint density at radius 2 is 0.804 bits per heavy atom. The fourth-order valence-electron chi connectivity index (χ4n) is 7.31. The molecule has 0 spiro atoms. The van der Waals surface area contributed by atoms with E-state index in [0.717, 1.165) is 39.1 Å². The average Bonchev–Trinajstić information content (AvgIpc) is 3.88. The summed E-state index contributed by atoms with van der Waals surface area (Å²) in [6.07, 6.45) is 0. The largest absolute Gasteiger partial charge is 0.465 e. The quantitative estimate of drug-likeness (QED) is 0.135. The number of carbonyl (C=O) groups is 4. The number of anilines is 2. The summed E-state index contributed by atoms with van der Waals surface area (Å²) in [6, 6.07) is 21.5. The molecule has 6 aromatic heterocycles. The highest BCUT2D eigenvalue weighted by molar-refractivity contribution is 6.17. The molecule has 12 heteroatoms. The van der Waals surface area contributed by atoms with Gasteiger partial charge in [0.15, 0.2) is 0 Å². The Hall–Kier alpha value is -6.30. The zero-order valence-electron chi connectivity index (χ0n) is 29.5. The molecule has 260 valence electrons. The molecule has 7 aromatic rings. The minimum absolute atomic E-state index is 0.0997. The number of methoxy groups -OCH3 is 4. The predicted octanol–water partition coefficient (Wildman–Crippen LogP) is 5.83. The number of ether oxygens (including phenoxy) is 4. The van der Waals surface area contributed by atoms with E-state index < -0.39 is 29.8 Å². The highest BCUT2D eigenvalue weighted by atomic mass is 16.5. The van der Waals surface area contributed by atoms with Crippen molar-refractivity contribution in [1.29, 1.82) is 0 Å². The van der Waals surface area contributed by atoms with Crippen LogP contribution in [0.4, 0.5) is 11.4 Å². The summed E-state index contributed by atoms with van der Waals surface area (Å²) in [7, 11) is 12.7. The van der Waals surface area contributed by atoms with E-state index in [1.54, 1.807) is 0 Å². The smallest absolute Gasteiger partial charge is 0.340 e. The summed E-state index contributed by atoms with van der Waals surface area (Å²) in [5, 5.41) is 0. The molecule has 0 amide bonds. The molecule has 0 saturated heterocycles. The lowest BCUT2D eigenvalue weighted by atomic mass is 9.85. The van der Waals surface area contributed by atoms with Crippen LogP contribution in [0.2, 0.25) is 0 Å². The van der Waals surface area contributed by atoms with E-state index in [-0.39, 0.29) is 22.3 Å². The van der Waals surface area contributed by atoms with Gasteiger partial charge in [0.1, 0.15) is 22.3 Å². The number of hydrogen-bond acceptors (Lipinski definition) is 10. The molecular formula is C39H36N4O8. The Labute approximate surface area is 292 Å². The van der Waals surface area contributed by atoms with Crippen molar-refractivity contribution in [1.82, 2.24) is 8.80 Å². The highest BCUT2D eigenvalue weighted by Crippen LogP contribution is 2.46. The molecule has 6 heterocycles. The van der Waals surface area contributed by atoms with Crippen molar-refractivity contribution < 1.29 is 38.1 Å². The van der Waals surface area contributed by atoms with Crippen molar-refractivity contribution in [2.75, 3.05) is 66.4 Å². The van der Waals surface area contributed by atoms with Gasteiger partial charge in [0.05, 0.1) is 61.5 Å². The lowest BCUT2D eigenvalue weighted by Crippen LogP contribution is -2.12. The van der Waals surface area contributed by atoms with E-state index in [1.165, 1.54) is 28.4 Å². The van der Waals surface area contributed by atoms with Crippen molar-refractivity contribution in [2.45, 2.75) is 5.92 Å². The van der Waals surface area contributed by atoms with E-state index in [4.69, 9.17) is 18.9 Å². The van der Waals surface area contributed by atoms with E-state index >= 15 is 0 Å². The first kappa shape index (κ1) is 33.2. The third-order valence-electron chi connectivity index (χ3n) is 9.63. The van der Waals surface area contributed by atoms with E-state index in [2.05, 4.69) is 0 Å². The second-order valence-electron chi connectivity index (χ2n) is 12.7. The summed E-state index contributed by atoms with van der Waals surface area (Å²) >= 11 is 0. The second kappa shape index (κ2) is 12.2. The molecule has 0 aliphatic heterocycles. The third-order valence-corrected chi connectivity index (χ3v) is 9.63. The zero-order valence-corrected chi connectivity index (χ0v) is 29.5. The first-order chi connectivity index (χ1) is 24.5. The molecule has 1 aromatic carbocycles. The normalized spacial score (nSPS) is 11.6. The van der Waals surface area contributed by atoms with Crippen LogP contribution in [0.3, 0.4) is 0 Å². The van der Waals surface area contributed by atoms with Crippen molar-refractivity contribution in [3.8, 4) is 0 Å². The summed E-state index contributed by atoms with van der Waals surface area (Å²) in [6.45, 7) is 0. The maximum absolute atomic E-state index is 13.4. The van der Waals surface area contributed by atoms with Crippen LogP contribution in [0.1, 0.15) is 64.0 Å². The van der Waals surface area contributed by atoms with Crippen LogP contribution >= 0.6 is 0 Å². The Morgan fingerprint density at radius 1 is 0.490 bits per heavy atom. The molecule has 0 aliphatic rings. The van der Waals surface area contributed by atoms with Crippen LogP contribution < -0.4 is 9.80 Å². The van der Waals surface area contributed by atoms with Gasteiger partial charge in [0.25, 0.3) is 0 Å². The van der Waals surface area contributed by atoms with Crippen LogP contribution in [-0.2, 0) is 18.9 Å². The van der Waals surface area contributed by atoms with Gasteiger partial charge in [0, 0.05) is 45.5 Å². The van der Waals surface area contributed by atoms with Crippen LogP contribution in [0.15, 0.2) is 66.7 Å². The molecule has 0 unspecified atom stereocenters. The van der Waals surface area contributed by atoms with Gasteiger partial charge in [-0.1, -0.05) is 30.3 Å². The molecule has 0 aliphatic carbocycles. The molecule has 0 N–H and O–H groups in total. The first-order valence-corrected chi connectivity index (χ1v) is 16.1. The van der Waals surface area contributed by atoms with Crippen molar-refractivity contribution in [2.24, 2.45) is 0 Å². The maximum atomic E-state index is 13.4. The molecule has 7 rings (SSSR count). The molecule has 0 atom stereocenters. The summed E-state index contributed by atoms with van der Waals surface area (Å²) in [5.41, 5.74) is 8.09. The fraction of sp³-hybridized carbons (Fsp3) is 0.231. The highest BCUT2D eigenvalue weighted by Gasteiger charge is 2.36.